The molecule has 0 saturated heterocycles. The molecule has 0 aromatic rings. The molecule has 0 aromatic carbocycles. The summed E-state index contributed by atoms with van der Waals surface area (Å²) >= 11 is 0. The smallest absolute Gasteiger partial charge is 0.222 e. The Bertz CT molecular complexity index is 205. The third-order valence-corrected chi connectivity index (χ3v) is 4.57. The standard InChI is InChI=1S/C11H21BO2P/c1-3-13-15(12,14-4-2)10-11-8-6-5-7-9-11/h10H,3-9H2,1-2H3/q+1. The van der Waals surface area contributed by atoms with Crippen LogP contribution in [0.5, 0.6) is 0 Å². The van der Waals surface area contributed by atoms with Gasteiger partial charge in [0.1, 0.15) is 0 Å². The second-order valence-electron chi connectivity index (χ2n) is 3.83. The highest BCUT2D eigenvalue weighted by Gasteiger charge is 2.33. The van der Waals surface area contributed by atoms with Crippen LogP contribution in [0.15, 0.2) is 11.4 Å². The Kier molecular flexibility index (Phi) is 5.88. The maximum absolute atomic E-state index is 6.14. The molecule has 0 atom stereocenters. The van der Waals surface area contributed by atoms with Crippen molar-refractivity contribution >= 4 is 15.2 Å². The van der Waals surface area contributed by atoms with Crippen LogP contribution in [0.3, 0.4) is 0 Å². The molecule has 2 radical (unpaired) electrons. The Morgan fingerprint density at radius 2 is 1.67 bits per heavy atom. The topological polar surface area (TPSA) is 18.5 Å². The first-order chi connectivity index (χ1) is 7.20. The van der Waals surface area contributed by atoms with Crippen molar-refractivity contribution in [1.29, 1.82) is 0 Å². The molecule has 0 amide bonds. The molecule has 0 aromatic heterocycles. The van der Waals surface area contributed by atoms with Gasteiger partial charge in [0.2, 0.25) is 7.59 Å². The Morgan fingerprint density at radius 1 is 1.13 bits per heavy atom. The van der Waals surface area contributed by atoms with Crippen molar-refractivity contribution in [2.24, 2.45) is 0 Å². The average Bonchev–Trinajstić information content (AvgIpc) is 2.19. The van der Waals surface area contributed by atoms with Crippen molar-refractivity contribution in [2.45, 2.75) is 46.0 Å². The minimum atomic E-state index is -2.20. The average molecular weight is 227 g/mol. The number of rotatable bonds is 5. The summed E-state index contributed by atoms with van der Waals surface area (Å²) in [6, 6.07) is 0. The van der Waals surface area contributed by atoms with Gasteiger partial charge in [0.25, 0.3) is 0 Å². The van der Waals surface area contributed by atoms with Crippen molar-refractivity contribution in [1.82, 2.24) is 0 Å². The predicted octanol–water partition coefficient (Wildman–Crippen LogP) is 3.84. The third-order valence-electron chi connectivity index (χ3n) is 2.52. The van der Waals surface area contributed by atoms with Gasteiger partial charge in [-0.3, -0.25) is 0 Å². The first kappa shape index (κ1) is 13.2. The molecule has 0 aliphatic heterocycles. The normalized spacial score (nSPS) is 17.9. The van der Waals surface area contributed by atoms with Gasteiger partial charge >= 0.3 is 7.57 Å². The zero-order valence-corrected chi connectivity index (χ0v) is 10.8. The molecule has 0 bridgehead atoms. The molecule has 1 fully saturated rings. The van der Waals surface area contributed by atoms with E-state index in [1.807, 2.05) is 13.8 Å². The third kappa shape index (κ3) is 4.67. The first-order valence-electron chi connectivity index (χ1n) is 5.87. The summed E-state index contributed by atoms with van der Waals surface area (Å²) in [4.78, 5) is 0. The van der Waals surface area contributed by atoms with Gasteiger partial charge in [-0.1, -0.05) is 6.42 Å². The second-order valence-corrected chi connectivity index (χ2v) is 5.89. The summed E-state index contributed by atoms with van der Waals surface area (Å²) in [6.07, 6.45) is 6.24. The molecule has 1 aliphatic carbocycles. The van der Waals surface area contributed by atoms with Gasteiger partial charge in [0.15, 0.2) is 0 Å². The van der Waals surface area contributed by atoms with Gasteiger partial charge in [-0.15, -0.1) is 0 Å². The summed E-state index contributed by atoms with van der Waals surface area (Å²) in [5.74, 6) is 2.08. The molecule has 84 valence electrons. The minimum absolute atomic E-state index is 0.619. The molecule has 2 nitrogen and oxygen atoms in total. The van der Waals surface area contributed by atoms with E-state index in [1.54, 1.807) is 0 Å². The Morgan fingerprint density at radius 3 is 2.13 bits per heavy atom. The Labute approximate surface area is 95.3 Å². The van der Waals surface area contributed by atoms with E-state index in [9.17, 15) is 0 Å². The van der Waals surface area contributed by atoms with E-state index in [2.05, 4.69) is 5.82 Å². The zero-order chi connectivity index (χ0) is 11.1. The number of hydrogen-bond donors (Lipinski definition) is 0. The highest BCUT2D eigenvalue weighted by Crippen LogP contribution is 2.59. The van der Waals surface area contributed by atoms with Gasteiger partial charge < -0.3 is 0 Å². The van der Waals surface area contributed by atoms with Gasteiger partial charge in [-0.25, -0.2) is 9.05 Å². The van der Waals surface area contributed by atoms with Gasteiger partial charge in [0.05, 0.1) is 19.0 Å². The second kappa shape index (κ2) is 6.68. The number of hydrogen-bond acceptors (Lipinski definition) is 2. The van der Waals surface area contributed by atoms with Crippen molar-refractivity contribution < 1.29 is 9.05 Å². The molecule has 15 heavy (non-hydrogen) atoms. The molecular weight excluding hydrogens is 206 g/mol. The van der Waals surface area contributed by atoms with Crippen molar-refractivity contribution in [3.8, 4) is 0 Å². The van der Waals surface area contributed by atoms with Crippen LogP contribution in [0.25, 0.3) is 0 Å². The molecule has 1 aliphatic rings. The summed E-state index contributed by atoms with van der Waals surface area (Å²) in [6.45, 7) is 5.15. The van der Waals surface area contributed by atoms with E-state index in [0.29, 0.717) is 13.2 Å². The molecule has 1 saturated carbocycles. The number of allylic oxidation sites excluding steroid dienone is 1. The van der Waals surface area contributed by atoms with Crippen LogP contribution in [0.2, 0.25) is 0 Å². The maximum atomic E-state index is 6.14. The monoisotopic (exact) mass is 227 g/mol. The van der Waals surface area contributed by atoms with Crippen LogP contribution in [0.4, 0.5) is 0 Å². The molecule has 1 rings (SSSR count). The molecule has 0 unspecified atom stereocenters. The van der Waals surface area contributed by atoms with Gasteiger partial charge in [-0.05, 0) is 45.1 Å². The SMILES string of the molecule is [B][P+](C=C1CCCCC1)(OCC)OCC. The molecule has 4 heteroatoms. The summed E-state index contributed by atoms with van der Waals surface area (Å²) in [5.41, 5.74) is 1.43. The largest absolute Gasteiger partial charge is 0.450 e. The lowest BCUT2D eigenvalue weighted by molar-refractivity contribution is 0.269. The lowest BCUT2D eigenvalue weighted by Crippen LogP contribution is -2.03. The van der Waals surface area contributed by atoms with E-state index in [4.69, 9.17) is 16.6 Å². The van der Waals surface area contributed by atoms with Crippen molar-refractivity contribution in [2.75, 3.05) is 13.2 Å². The quantitative estimate of drug-likeness (QED) is 0.524. The lowest BCUT2D eigenvalue weighted by atomic mass is 9.96. The van der Waals surface area contributed by atoms with Crippen LogP contribution >= 0.6 is 7.59 Å². The zero-order valence-electron chi connectivity index (χ0n) is 9.87. The van der Waals surface area contributed by atoms with Crippen LogP contribution in [-0.4, -0.2) is 20.8 Å². The fourth-order valence-electron chi connectivity index (χ4n) is 1.90. The molecule has 0 N–H and O–H groups in total. The van der Waals surface area contributed by atoms with Gasteiger partial charge in [0, 0.05) is 0 Å². The Balaban J connectivity index is 2.61. The fourth-order valence-corrected chi connectivity index (χ4v) is 3.70. The van der Waals surface area contributed by atoms with Crippen molar-refractivity contribution in [3.63, 3.8) is 0 Å². The lowest BCUT2D eigenvalue weighted by Gasteiger charge is -2.19. The van der Waals surface area contributed by atoms with E-state index < -0.39 is 7.59 Å². The van der Waals surface area contributed by atoms with E-state index in [1.165, 1.54) is 37.7 Å². The Hall–Kier alpha value is 0.155. The molecular formula is C11H21BO2P+. The fraction of sp³-hybridized carbons (Fsp3) is 0.818. The highest BCUT2D eigenvalue weighted by atomic mass is 31.2. The van der Waals surface area contributed by atoms with Crippen LogP contribution < -0.4 is 0 Å². The highest BCUT2D eigenvalue weighted by molar-refractivity contribution is 7.92. The maximum Gasteiger partial charge on any atom is 0.450 e. The summed E-state index contributed by atoms with van der Waals surface area (Å²) in [7, 11) is 3.94. The summed E-state index contributed by atoms with van der Waals surface area (Å²) in [5, 5.41) is 0. The van der Waals surface area contributed by atoms with E-state index in [0.717, 1.165) is 0 Å². The predicted molar refractivity (Wildman–Crippen MR) is 67.1 cm³/mol. The van der Waals surface area contributed by atoms with E-state index in [-0.39, 0.29) is 0 Å². The molecule has 0 heterocycles. The van der Waals surface area contributed by atoms with Gasteiger partial charge in [-0.2, -0.15) is 0 Å². The first-order valence-corrected chi connectivity index (χ1v) is 7.63. The van der Waals surface area contributed by atoms with Crippen LogP contribution in [0, 0.1) is 0 Å². The molecule has 0 spiro atoms. The van der Waals surface area contributed by atoms with Crippen molar-refractivity contribution in [3.05, 3.63) is 11.4 Å². The van der Waals surface area contributed by atoms with Crippen LogP contribution in [0.1, 0.15) is 46.0 Å². The van der Waals surface area contributed by atoms with E-state index >= 15 is 0 Å². The van der Waals surface area contributed by atoms with Crippen LogP contribution in [-0.2, 0) is 9.05 Å². The summed E-state index contributed by atoms with van der Waals surface area (Å²) < 4.78 is 11.1. The minimum Gasteiger partial charge on any atom is -0.222 e.